The second-order valence-electron chi connectivity index (χ2n) is 4.29. The van der Waals surface area contributed by atoms with Crippen LogP contribution in [0, 0.1) is 3.57 Å². The third-order valence-corrected chi connectivity index (χ3v) is 4.26. The van der Waals surface area contributed by atoms with Gasteiger partial charge in [0.25, 0.3) is 5.56 Å². The van der Waals surface area contributed by atoms with Crippen LogP contribution in [0.5, 0.6) is 0 Å². The van der Waals surface area contributed by atoms with E-state index in [2.05, 4.69) is 39.5 Å². The summed E-state index contributed by atoms with van der Waals surface area (Å²) in [6.07, 6.45) is 2.33. The number of H-pyrrole nitrogens is 1. The number of aromatic amines is 1. The maximum atomic E-state index is 11.9. The number of nitrogens with zero attached hydrogens (tertiary/aromatic N) is 1. The Kier molecular flexibility index (Phi) is 4.99. The van der Waals surface area contributed by atoms with Gasteiger partial charge in [-0.1, -0.05) is 43.1 Å². The van der Waals surface area contributed by atoms with Crippen molar-refractivity contribution >= 4 is 34.2 Å². The molecule has 1 aromatic carbocycles. The van der Waals surface area contributed by atoms with Gasteiger partial charge < -0.3 is 4.98 Å². The van der Waals surface area contributed by atoms with Crippen LogP contribution in [0.15, 0.2) is 29.1 Å². The Morgan fingerprint density at radius 1 is 1.37 bits per heavy atom. The van der Waals surface area contributed by atoms with Crippen LogP contribution >= 0.6 is 34.2 Å². The Morgan fingerprint density at radius 3 is 2.79 bits per heavy atom. The van der Waals surface area contributed by atoms with Gasteiger partial charge in [0.1, 0.15) is 5.82 Å². The molecule has 0 amide bonds. The van der Waals surface area contributed by atoms with Gasteiger partial charge in [-0.05, 0) is 40.6 Å². The second-order valence-corrected chi connectivity index (χ2v) is 5.78. The zero-order valence-corrected chi connectivity index (χ0v) is 13.5. The Morgan fingerprint density at radius 2 is 2.11 bits per heavy atom. The van der Waals surface area contributed by atoms with Crippen molar-refractivity contribution in [3.63, 3.8) is 0 Å². The van der Waals surface area contributed by atoms with Crippen LogP contribution < -0.4 is 5.56 Å². The van der Waals surface area contributed by atoms with E-state index in [1.165, 1.54) is 0 Å². The SMILES string of the molecule is CCCc1nc(Cc2ccccc2Cl)[nH]c(=O)c1I. The fourth-order valence-electron chi connectivity index (χ4n) is 1.87. The van der Waals surface area contributed by atoms with Gasteiger partial charge in [-0.15, -0.1) is 0 Å². The molecule has 0 fully saturated rings. The lowest BCUT2D eigenvalue weighted by Gasteiger charge is -2.07. The van der Waals surface area contributed by atoms with Crippen molar-refractivity contribution in [3.05, 3.63) is 60.3 Å². The van der Waals surface area contributed by atoms with Crippen molar-refractivity contribution < 1.29 is 0 Å². The van der Waals surface area contributed by atoms with Crippen LogP contribution in [0.1, 0.15) is 30.4 Å². The summed E-state index contributed by atoms with van der Waals surface area (Å²) in [6, 6.07) is 7.60. The van der Waals surface area contributed by atoms with Gasteiger partial charge in [-0.25, -0.2) is 4.98 Å². The first kappa shape index (κ1) is 14.5. The molecule has 2 aromatic rings. The van der Waals surface area contributed by atoms with E-state index in [0.29, 0.717) is 20.8 Å². The summed E-state index contributed by atoms with van der Waals surface area (Å²) in [5.74, 6) is 0.668. The number of aromatic nitrogens is 2. The predicted molar refractivity (Wildman–Crippen MR) is 85.8 cm³/mol. The summed E-state index contributed by atoms with van der Waals surface area (Å²) in [7, 11) is 0. The minimum absolute atomic E-state index is 0.0684. The quantitative estimate of drug-likeness (QED) is 0.814. The lowest BCUT2D eigenvalue weighted by molar-refractivity contribution is 0.822. The molecule has 0 atom stereocenters. The van der Waals surface area contributed by atoms with E-state index < -0.39 is 0 Å². The summed E-state index contributed by atoms with van der Waals surface area (Å²) in [4.78, 5) is 19.2. The van der Waals surface area contributed by atoms with Crippen LogP contribution in [0.25, 0.3) is 0 Å². The highest BCUT2D eigenvalue weighted by atomic mass is 127. The van der Waals surface area contributed by atoms with E-state index in [4.69, 9.17) is 11.6 Å². The smallest absolute Gasteiger partial charge is 0.264 e. The Hall–Kier alpha value is -0.880. The molecular weight excluding hydrogens is 375 g/mol. The zero-order chi connectivity index (χ0) is 13.8. The molecule has 0 aliphatic heterocycles. The molecule has 5 heteroatoms. The topological polar surface area (TPSA) is 45.8 Å². The van der Waals surface area contributed by atoms with E-state index in [9.17, 15) is 4.79 Å². The van der Waals surface area contributed by atoms with E-state index in [1.807, 2.05) is 24.3 Å². The van der Waals surface area contributed by atoms with Gasteiger partial charge in [0.05, 0.1) is 9.26 Å². The summed E-state index contributed by atoms with van der Waals surface area (Å²) >= 11 is 8.18. The third-order valence-electron chi connectivity index (χ3n) is 2.78. The maximum absolute atomic E-state index is 11.9. The lowest BCUT2D eigenvalue weighted by Crippen LogP contribution is -2.18. The van der Waals surface area contributed by atoms with Gasteiger partial charge in [-0.2, -0.15) is 0 Å². The molecule has 0 saturated heterocycles. The highest BCUT2D eigenvalue weighted by molar-refractivity contribution is 14.1. The Balaban J connectivity index is 2.36. The summed E-state index contributed by atoms with van der Waals surface area (Å²) in [5.41, 5.74) is 1.77. The van der Waals surface area contributed by atoms with Gasteiger partial charge in [0, 0.05) is 11.4 Å². The number of rotatable bonds is 4. The first-order chi connectivity index (χ1) is 9.11. The van der Waals surface area contributed by atoms with Crippen molar-refractivity contribution in [2.45, 2.75) is 26.2 Å². The van der Waals surface area contributed by atoms with E-state index >= 15 is 0 Å². The molecule has 2 rings (SSSR count). The molecule has 1 N–H and O–H groups in total. The summed E-state index contributed by atoms with van der Waals surface area (Å²) < 4.78 is 0.683. The molecule has 0 saturated carbocycles. The van der Waals surface area contributed by atoms with Gasteiger partial charge in [0.15, 0.2) is 0 Å². The normalized spacial score (nSPS) is 10.7. The molecule has 1 heterocycles. The molecule has 19 heavy (non-hydrogen) atoms. The fraction of sp³-hybridized carbons (Fsp3) is 0.286. The lowest BCUT2D eigenvalue weighted by atomic mass is 10.1. The number of nitrogens with one attached hydrogen (secondary N) is 1. The monoisotopic (exact) mass is 388 g/mol. The predicted octanol–water partition coefficient (Wildman–Crippen LogP) is 3.57. The molecule has 0 spiro atoms. The summed E-state index contributed by atoms with van der Waals surface area (Å²) in [5, 5.41) is 0.695. The largest absolute Gasteiger partial charge is 0.309 e. The molecule has 100 valence electrons. The number of benzene rings is 1. The van der Waals surface area contributed by atoms with Crippen LogP contribution in [0.4, 0.5) is 0 Å². The third kappa shape index (κ3) is 3.57. The number of hydrogen-bond acceptors (Lipinski definition) is 2. The number of aryl methyl sites for hydroxylation is 1. The first-order valence-electron chi connectivity index (χ1n) is 6.12. The van der Waals surface area contributed by atoms with E-state index in [1.54, 1.807) is 0 Å². The first-order valence-corrected chi connectivity index (χ1v) is 7.58. The van der Waals surface area contributed by atoms with Crippen LogP contribution in [-0.4, -0.2) is 9.97 Å². The van der Waals surface area contributed by atoms with Crippen molar-refractivity contribution in [1.29, 1.82) is 0 Å². The highest BCUT2D eigenvalue weighted by Crippen LogP contribution is 2.17. The molecule has 0 unspecified atom stereocenters. The molecule has 0 aliphatic carbocycles. The Bertz CT molecular complexity index is 640. The molecule has 3 nitrogen and oxygen atoms in total. The average molecular weight is 389 g/mol. The van der Waals surface area contributed by atoms with Crippen LogP contribution in [0.2, 0.25) is 5.02 Å². The van der Waals surface area contributed by atoms with Crippen molar-refractivity contribution in [2.75, 3.05) is 0 Å². The van der Waals surface area contributed by atoms with Gasteiger partial charge in [-0.3, -0.25) is 4.79 Å². The van der Waals surface area contributed by atoms with Crippen LogP contribution in [0.3, 0.4) is 0 Å². The van der Waals surface area contributed by atoms with E-state index in [0.717, 1.165) is 24.1 Å². The minimum Gasteiger partial charge on any atom is -0.309 e. The van der Waals surface area contributed by atoms with Crippen molar-refractivity contribution in [1.82, 2.24) is 9.97 Å². The molecule has 1 aromatic heterocycles. The number of halogens is 2. The van der Waals surface area contributed by atoms with E-state index in [-0.39, 0.29) is 5.56 Å². The standard InChI is InChI=1S/C14H14ClIN2O/c1-2-5-11-13(16)14(19)18-12(17-11)8-9-6-3-4-7-10(9)15/h3-4,6-7H,2,5,8H2,1H3,(H,17,18,19). The maximum Gasteiger partial charge on any atom is 0.264 e. The molecule has 0 aliphatic rings. The fourth-order valence-corrected chi connectivity index (χ4v) is 2.59. The summed E-state index contributed by atoms with van der Waals surface area (Å²) in [6.45, 7) is 2.08. The van der Waals surface area contributed by atoms with Gasteiger partial charge >= 0.3 is 0 Å². The number of hydrogen-bond donors (Lipinski definition) is 1. The molecule has 0 bridgehead atoms. The highest BCUT2D eigenvalue weighted by Gasteiger charge is 2.09. The van der Waals surface area contributed by atoms with Crippen LogP contribution in [-0.2, 0) is 12.8 Å². The zero-order valence-electron chi connectivity index (χ0n) is 10.5. The second kappa shape index (κ2) is 6.52. The minimum atomic E-state index is -0.0684. The Labute approximate surface area is 130 Å². The van der Waals surface area contributed by atoms with Crippen molar-refractivity contribution in [2.24, 2.45) is 0 Å². The van der Waals surface area contributed by atoms with Gasteiger partial charge in [0.2, 0.25) is 0 Å². The average Bonchev–Trinajstić information content (AvgIpc) is 2.38. The molecule has 0 radical (unpaired) electrons. The van der Waals surface area contributed by atoms with Crippen molar-refractivity contribution in [3.8, 4) is 0 Å². The molecular formula is C14H14ClIN2O.